The van der Waals surface area contributed by atoms with Crippen LogP contribution in [-0.4, -0.2) is 30.4 Å². The van der Waals surface area contributed by atoms with Gasteiger partial charge < -0.3 is 10.6 Å². The molecule has 1 aromatic carbocycles. The van der Waals surface area contributed by atoms with Gasteiger partial charge in [-0.25, -0.2) is 0 Å². The molecule has 0 bridgehead atoms. The minimum atomic E-state index is 0. The first kappa shape index (κ1) is 16.5. The number of likely N-dealkylation sites (tertiary alicyclic amines) is 1. The van der Waals surface area contributed by atoms with E-state index in [1.54, 1.807) is 0 Å². The number of nitrogens with zero attached hydrogens (tertiary/aromatic N) is 1. The van der Waals surface area contributed by atoms with Gasteiger partial charge in [0, 0.05) is 23.1 Å². The zero-order valence-corrected chi connectivity index (χ0v) is 13.5. The summed E-state index contributed by atoms with van der Waals surface area (Å²) in [7, 11) is 0. The fraction of sp³-hybridized carbons (Fsp3) is 0.500. The number of benzene rings is 1. The highest BCUT2D eigenvalue weighted by Crippen LogP contribution is 2.21. The SMILES string of the molecule is Cc1cc(Br)ccc1C(=O)N1CCCC(CN)C1.Cl. The van der Waals surface area contributed by atoms with Gasteiger partial charge >= 0.3 is 0 Å². The molecule has 19 heavy (non-hydrogen) atoms. The summed E-state index contributed by atoms with van der Waals surface area (Å²) in [4.78, 5) is 14.4. The van der Waals surface area contributed by atoms with E-state index in [0.29, 0.717) is 12.5 Å². The van der Waals surface area contributed by atoms with Gasteiger partial charge in [0.2, 0.25) is 0 Å². The highest BCUT2D eigenvalue weighted by atomic mass is 79.9. The van der Waals surface area contributed by atoms with Crippen molar-refractivity contribution in [1.82, 2.24) is 4.90 Å². The Labute approximate surface area is 129 Å². The molecule has 1 saturated heterocycles. The van der Waals surface area contributed by atoms with Gasteiger partial charge in [0.25, 0.3) is 5.91 Å². The molecule has 0 aliphatic carbocycles. The maximum absolute atomic E-state index is 12.5. The topological polar surface area (TPSA) is 46.3 Å². The minimum Gasteiger partial charge on any atom is -0.338 e. The third kappa shape index (κ3) is 3.94. The number of nitrogens with two attached hydrogens (primary N) is 1. The fourth-order valence-corrected chi connectivity index (χ4v) is 2.95. The quantitative estimate of drug-likeness (QED) is 0.894. The summed E-state index contributed by atoms with van der Waals surface area (Å²) < 4.78 is 1.01. The Morgan fingerprint density at radius 3 is 2.89 bits per heavy atom. The maximum atomic E-state index is 12.5. The number of piperidine rings is 1. The molecule has 0 aromatic heterocycles. The monoisotopic (exact) mass is 346 g/mol. The molecule has 1 fully saturated rings. The number of rotatable bonds is 2. The highest BCUT2D eigenvalue weighted by Gasteiger charge is 2.24. The van der Waals surface area contributed by atoms with Crippen molar-refractivity contribution in [2.24, 2.45) is 11.7 Å². The molecule has 0 radical (unpaired) electrons. The van der Waals surface area contributed by atoms with E-state index in [9.17, 15) is 4.79 Å². The van der Waals surface area contributed by atoms with Crippen LogP contribution in [0.4, 0.5) is 0 Å². The molecule has 0 saturated carbocycles. The molecule has 0 spiro atoms. The second-order valence-electron chi connectivity index (χ2n) is 4.95. The van der Waals surface area contributed by atoms with Crippen LogP contribution in [0.3, 0.4) is 0 Å². The Balaban J connectivity index is 0.00000180. The third-order valence-corrected chi connectivity index (χ3v) is 4.05. The van der Waals surface area contributed by atoms with E-state index >= 15 is 0 Å². The molecule has 1 aromatic rings. The first-order chi connectivity index (χ1) is 8.61. The second kappa shape index (κ2) is 7.27. The van der Waals surface area contributed by atoms with Crippen LogP contribution in [0.1, 0.15) is 28.8 Å². The van der Waals surface area contributed by atoms with Gasteiger partial charge in [0.15, 0.2) is 0 Å². The van der Waals surface area contributed by atoms with E-state index in [1.165, 1.54) is 0 Å². The zero-order valence-electron chi connectivity index (χ0n) is 11.1. The number of hydrogen-bond donors (Lipinski definition) is 1. The molecule has 5 heteroatoms. The summed E-state index contributed by atoms with van der Waals surface area (Å²) >= 11 is 3.42. The van der Waals surface area contributed by atoms with E-state index < -0.39 is 0 Å². The van der Waals surface area contributed by atoms with E-state index in [1.807, 2.05) is 30.0 Å². The van der Waals surface area contributed by atoms with Gasteiger partial charge in [-0.1, -0.05) is 15.9 Å². The fourth-order valence-electron chi connectivity index (χ4n) is 2.48. The van der Waals surface area contributed by atoms with E-state index in [4.69, 9.17) is 5.73 Å². The van der Waals surface area contributed by atoms with Crippen molar-refractivity contribution < 1.29 is 4.79 Å². The van der Waals surface area contributed by atoms with Gasteiger partial charge in [-0.2, -0.15) is 0 Å². The summed E-state index contributed by atoms with van der Waals surface area (Å²) in [5.74, 6) is 0.594. The molecule has 1 atom stereocenters. The molecule has 3 nitrogen and oxygen atoms in total. The average Bonchev–Trinajstić information content (AvgIpc) is 2.38. The van der Waals surface area contributed by atoms with Crippen molar-refractivity contribution in [1.29, 1.82) is 0 Å². The summed E-state index contributed by atoms with van der Waals surface area (Å²) in [6.45, 7) is 4.29. The molecule has 1 aliphatic rings. The lowest BCUT2D eigenvalue weighted by atomic mass is 9.97. The summed E-state index contributed by atoms with van der Waals surface area (Å²) in [6.07, 6.45) is 2.20. The lowest BCUT2D eigenvalue weighted by Crippen LogP contribution is -2.42. The summed E-state index contributed by atoms with van der Waals surface area (Å²) in [5, 5.41) is 0. The molecule has 106 valence electrons. The number of carbonyl (C=O) groups is 1. The third-order valence-electron chi connectivity index (χ3n) is 3.56. The van der Waals surface area contributed by atoms with Crippen molar-refractivity contribution >= 4 is 34.2 Å². The molecule has 1 unspecified atom stereocenters. The second-order valence-corrected chi connectivity index (χ2v) is 5.87. The minimum absolute atomic E-state index is 0. The zero-order chi connectivity index (χ0) is 13.1. The van der Waals surface area contributed by atoms with Crippen LogP contribution >= 0.6 is 28.3 Å². The van der Waals surface area contributed by atoms with Crippen molar-refractivity contribution in [2.75, 3.05) is 19.6 Å². The Hall–Kier alpha value is -0.580. The molecule has 2 N–H and O–H groups in total. The lowest BCUT2D eigenvalue weighted by molar-refractivity contribution is 0.0677. The predicted octanol–water partition coefficient (Wildman–Crippen LogP) is 2.99. The van der Waals surface area contributed by atoms with Gasteiger partial charge in [-0.3, -0.25) is 4.79 Å². The van der Waals surface area contributed by atoms with Crippen LogP contribution in [0.5, 0.6) is 0 Å². The normalized spacial score (nSPS) is 18.9. The number of aryl methyl sites for hydroxylation is 1. The Bertz CT molecular complexity index is 453. The Kier molecular flexibility index (Phi) is 6.30. The van der Waals surface area contributed by atoms with Crippen molar-refractivity contribution in [2.45, 2.75) is 19.8 Å². The number of amides is 1. The van der Waals surface area contributed by atoms with Gasteiger partial charge in [0.05, 0.1) is 0 Å². The van der Waals surface area contributed by atoms with Crippen LogP contribution < -0.4 is 5.73 Å². The molecule has 1 amide bonds. The Morgan fingerprint density at radius 1 is 1.53 bits per heavy atom. The number of carbonyl (C=O) groups excluding carboxylic acids is 1. The van der Waals surface area contributed by atoms with Crippen LogP contribution in [0, 0.1) is 12.8 Å². The highest BCUT2D eigenvalue weighted by molar-refractivity contribution is 9.10. The van der Waals surface area contributed by atoms with Gasteiger partial charge in [-0.05, 0) is 56.0 Å². The standard InChI is InChI=1S/C14H19BrN2O.ClH/c1-10-7-12(15)4-5-13(10)14(18)17-6-2-3-11(8-16)9-17;/h4-5,7,11H,2-3,6,8-9,16H2,1H3;1H. The largest absolute Gasteiger partial charge is 0.338 e. The predicted molar refractivity (Wildman–Crippen MR) is 83.8 cm³/mol. The van der Waals surface area contributed by atoms with Crippen LogP contribution in [0.25, 0.3) is 0 Å². The molecule has 2 rings (SSSR count). The molecule has 1 heterocycles. The molecule has 1 aliphatic heterocycles. The van der Waals surface area contributed by atoms with Crippen molar-refractivity contribution in [3.05, 3.63) is 33.8 Å². The van der Waals surface area contributed by atoms with Crippen LogP contribution in [-0.2, 0) is 0 Å². The van der Waals surface area contributed by atoms with E-state index in [-0.39, 0.29) is 18.3 Å². The lowest BCUT2D eigenvalue weighted by Gasteiger charge is -2.32. The van der Waals surface area contributed by atoms with E-state index in [2.05, 4.69) is 15.9 Å². The average molecular weight is 348 g/mol. The number of hydrogen-bond acceptors (Lipinski definition) is 2. The number of halogens is 2. The summed E-state index contributed by atoms with van der Waals surface area (Å²) in [6, 6.07) is 5.80. The molecular formula is C14H20BrClN2O. The van der Waals surface area contributed by atoms with Crippen LogP contribution in [0.15, 0.2) is 22.7 Å². The smallest absolute Gasteiger partial charge is 0.254 e. The van der Waals surface area contributed by atoms with E-state index in [0.717, 1.165) is 41.5 Å². The van der Waals surface area contributed by atoms with Crippen molar-refractivity contribution in [3.8, 4) is 0 Å². The van der Waals surface area contributed by atoms with Crippen LogP contribution in [0.2, 0.25) is 0 Å². The van der Waals surface area contributed by atoms with Gasteiger partial charge in [0.1, 0.15) is 0 Å². The van der Waals surface area contributed by atoms with Gasteiger partial charge in [-0.15, -0.1) is 12.4 Å². The first-order valence-electron chi connectivity index (χ1n) is 6.37. The van der Waals surface area contributed by atoms with Crippen molar-refractivity contribution in [3.63, 3.8) is 0 Å². The molecular weight excluding hydrogens is 328 g/mol. The summed E-state index contributed by atoms with van der Waals surface area (Å²) in [5.41, 5.74) is 7.53. The maximum Gasteiger partial charge on any atom is 0.254 e. The Morgan fingerprint density at radius 2 is 2.26 bits per heavy atom. The first-order valence-corrected chi connectivity index (χ1v) is 7.16.